The summed E-state index contributed by atoms with van der Waals surface area (Å²) in [6, 6.07) is 5.38. The first-order valence-corrected chi connectivity index (χ1v) is 8.47. The lowest BCUT2D eigenvalue weighted by molar-refractivity contribution is 0.239. The van der Waals surface area contributed by atoms with Crippen LogP contribution in [0, 0.1) is 18.3 Å². The fourth-order valence-electron chi connectivity index (χ4n) is 3.00. The van der Waals surface area contributed by atoms with Crippen molar-refractivity contribution in [2.75, 3.05) is 20.3 Å². The summed E-state index contributed by atoms with van der Waals surface area (Å²) < 4.78 is 10.7. The molecule has 0 aromatic heterocycles. The average Bonchev–Trinajstić information content (AvgIpc) is 3.11. The number of carbonyl (C=O) groups is 1. The van der Waals surface area contributed by atoms with Crippen LogP contribution in [0.25, 0.3) is 0 Å². The molecule has 1 fully saturated rings. The zero-order valence-corrected chi connectivity index (χ0v) is 14.3. The van der Waals surface area contributed by atoms with Crippen LogP contribution < -0.4 is 20.1 Å². The monoisotopic (exact) mass is 330 g/mol. The van der Waals surface area contributed by atoms with Crippen molar-refractivity contribution in [3.63, 3.8) is 0 Å². The number of benzene rings is 1. The minimum Gasteiger partial charge on any atom is -0.493 e. The minimum absolute atomic E-state index is 0.144. The molecule has 1 aromatic carbocycles. The molecule has 0 spiro atoms. The van der Waals surface area contributed by atoms with E-state index in [4.69, 9.17) is 15.9 Å². The van der Waals surface area contributed by atoms with Crippen molar-refractivity contribution in [1.29, 1.82) is 0 Å². The highest BCUT2D eigenvalue weighted by Gasteiger charge is 2.14. The van der Waals surface area contributed by atoms with Gasteiger partial charge in [-0.15, -0.1) is 6.42 Å². The fraction of sp³-hybridized carbons (Fsp3) is 0.526. The summed E-state index contributed by atoms with van der Waals surface area (Å²) >= 11 is 0. The van der Waals surface area contributed by atoms with Gasteiger partial charge in [0.1, 0.15) is 6.61 Å². The maximum atomic E-state index is 11.9. The molecule has 0 aliphatic heterocycles. The Hall–Kier alpha value is -2.35. The molecule has 0 radical (unpaired) electrons. The summed E-state index contributed by atoms with van der Waals surface area (Å²) in [4.78, 5) is 11.9. The van der Waals surface area contributed by atoms with Gasteiger partial charge < -0.3 is 20.1 Å². The number of hydrogen-bond donors (Lipinski definition) is 2. The third-order valence-corrected chi connectivity index (χ3v) is 4.31. The van der Waals surface area contributed by atoms with Gasteiger partial charge in [-0.3, -0.25) is 0 Å². The molecule has 1 aliphatic rings. The highest BCUT2D eigenvalue weighted by atomic mass is 16.5. The molecular weight excluding hydrogens is 304 g/mol. The normalized spacial score (nSPS) is 14.0. The van der Waals surface area contributed by atoms with Crippen LogP contribution >= 0.6 is 0 Å². The highest BCUT2D eigenvalue weighted by molar-refractivity contribution is 5.73. The van der Waals surface area contributed by atoms with E-state index in [0.717, 1.165) is 24.4 Å². The molecule has 0 unspecified atom stereocenters. The van der Waals surface area contributed by atoms with Crippen LogP contribution in [0.15, 0.2) is 18.2 Å². The van der Waals surface area contributed by atoms with E-state index in [-0.39, 0.29) is 12.6 Å². The lowest BCUT2D eigenvalue weighted by Gasteiger charge is -2.13. The van der Waals surface area contributed by atoms with E-state index < -0.39 is 0 Å². The third-order valence-electron chi connectivity index (χ3n) is 4.31. The molecule has 24 heavy (non-hydrogen) atoms. The first kappa shape index (κ1) is 18.0. The molecule has 2 amide bonds. The van der Waals surface area contributed by atoms with Crippen molar-refractivity contribution in [1.82, 2.24) is 10.6 Å². The van der Waals surface area contributed by atoms with Gasteiger partial charge in [-0.1, -0.05) is 37.7 Å². The van der Waals surface area contributed by atoms with Gasteiger partial charge in [-0.25, -0.2) is 4.79 Å². The zero-order valence-electron chi connectivity index (χ0n) is 14.3. The lowest BCUT2D eigenvalue weighted by atomic mass is 10.0. The molecule has 0 saturated heterocycles. The van der Waals surface area contributed by atoms with Gasteiger partial charge in [0, 0.05) is 13.1 Å². The lowest BCUT2D eigenvalue weighted by Crippen LogP contribution is -2.36. The number of nitrogens with one attached hydrogen (secondary N) is 2. The largest absolute Gasteiger partial charge is 0.493 e. The van der Waals surface area contributed by atoms with Crippen molar-refractivity contribution in [2.24, 2.45) is 5.92 Å². The Labute approximate surface area is 144 Å². The van der Waals surface area contributed by atoms with Gasteiger partial charge in [0.25, 0.3) is 0 Å². The van der Waals surface area contributed by atoms with Crippen molar-refractivity contribution < 1.29 is 14.3 Å². The standard InChI is InChI=1S/C19H26N2O3/c1-3-12-24-18-13-16(8-9-17(18)23-2)14-21-19(22)20-11-10-15-6-4-5-7-15/h1,8-9,13,15H,4-7,10-12,14H2,2H3,(H2,20,21,22). The first-order chi connectivity index (χ1) is 11.7. The number of terminal acetylenes is 1. The number of ether oxygens (including phenoxy) is 2. The predicted molar refractivity (Wildman–Crippen MR) is 94.1 cm³/mol. The Morgan fingerprint density at radius 1 is 1.29 bits per heavy atom. The topological polar surface area (TPSA) is 59.6 Å². The molecule has 5 nitrogen and oxygen atoms in total. The summed E-state index contributed by atoms with van der Waals surface area (Å²) in [6.45, 7) is 1.33. The van der Waals surface area contributed by atoms with E-state index in [9.17, 15) is 4.79 Å². The molecular formula is C19H26N2O3. The van der Waals surface area contributed by atoms with Crippen molar-refractivity contribution >= 4 is 6.03 Å². The Morgan fingerprint density at radius 2 is 2.08 bits per heavy atom. The molecule has 0 atom stereocenters. The number of urea groups is 1. The van der Waals surface area contributed by atoms with Gasteiger partial charge in [-0.2, -0.15) is 0 Å². The molecule has 1 aliphatic carbocycles. The summed E-state index contributed by atoms with van der Waals surface area (Å²) in [5.74, 6) is 4.41. The molecule has 5 heteroatoms. The molecule has 2 N–H and O–H groups in total. The zero-order chi connectivity index (χ0) is 17.2. The first-order valence-electron chi connectivity index (χ1n) is 8.47. The SMILES string of the molecule is C#CCOc1cc(CNC(=O)NCCC2CCCC2)ccc1OC. The molecule has 0 bridgehead atoms. The van der Waals surface area contributed by atoms with E-state index in [1.165, 1.54) is 25.7 Å². The maximum absolute atomic E-state index is 11.9. The van der Waals surface area contributed by atoms with Crippen molar-refractivity contribution in [3.8, 4) is 23.8 Å². The maximum Gasteiger partial charge on any atom is 0.315 e. The Kier molecular flexibility index (Phi) is 7.28. The van der Waals surface area contributed by atoms with Crippen LogP contribution in [-0.2, 0) is 6.54 Å². The third kappa shape index (κ3) is 5.69. The van der Waals surface area contributed by atoms with Gasteiger partial charge in [-0.05, 0) is 30.0 Å². The number of carbonyl (C=O) groups excluding carboxylic acids is 1. The van der Waals surface area contributed by atoms with Crippen molar-refractivity contribution in [2.45, 2.75) is 38.6 Å². The minimum atomic E-state index is -0.144. The summed E-state index contributed by atoms with van der Waals surface area (Å²) in [6.07, 6.45) is 11.6. The molecule has 2 rings (SSSR count). The second-order valence-corrected chi connectivity index (χ2v) is 6.03. The van der Waals surface area contributed by atoms with Gasteiger partial charge in [0.05, 0.1) is 7.11 Å². The summed E-state index contributed by atoms with van der Waals surface area (Å²) in [7, 11) is 1.58. The summed E-state index contributed by atoms with van der Waals surface area (Å²) in [5, 5.41) is 5.78. The van der Waals surface area contributed by atoms with Gasteiger partial charge in [0.2, 0.25) is 0 Å². The molecule has 130 valence electrons. The predicted octanol–water partition coefficient (Wildman–Crippen LogP) is 3.09. The Balaban J connectivity index is 1.75. The van der Waals surface area contributed by atoms with Crippen molar-refractivity contribution in [3.05, 3.63) is 23.8 Å². The quantitative estimate of drug-likeness (QED) is 0.720. The van der Waals surface area contributed by atoms with E-state index in [0.29, 0.717) is 18.0 Å². The van der Waals surface area contributed by atoms with Crippen LogP contribution in [0.2, 0.25) is 0 Å². The highest BCUT2D eigenvalue weighted by Crippen LogP contribution is 2.28. The van der Waals surface area contributed by atoms with E-state index >= 15 is 0 Å². The van der Waals surface area contributed by atoms with Crippen LogP contribution in [0.5, 0.6) is 11.5 Å². The second kappa shape index (κ2) is 9.71. The van der Waals surface area contributed by atoms with Gasteiger partial charge >= 0.3 is 6.03 Å². The van der Waals surface area contributed by atoms with Crippen LogP contribution in [-0.4, -0.2) is 26.3 Å². The number of methoxy groups -OCH3 is 1. The smallest absolute Gasteiger partial charge is 0.315 e. The van der Waals surface area contributed by atoms with Crippen LogP contribution in [0.3, 0.4) is 0 Å². The van der Waals surface area contributed by atoms with Crippen LogP contribution in [0.4, 0.5) is 4.79 Å². The van der Waals surface area contributed by atoms with Crippen LogP contribution in [0.1, 0.15) is 37.7 Å². The molecule has 1 saturated carbocycles. The number of rotatable bonds is 8. The second-order valence-electron chi connectivity index (χ2n) is 6.03. The van der Waals surface area contributed by atoms with E-state index in [1.807, 2.05) is 12.1 Å². The van der Waals surface area contributed by atoms with E-state index in [2.05, 4.69) is 16.6 Å². The Bertz CT molecular complexity index is 574. The van der Waals surface area contributed by atoms with E-state index in [1.54, 1.807) is 13.2 Å². The Morgan fingerprint density at radius 3 is 2.79 bits per heavy atom. The van der Waals surface area contributed by atoms with Gasteiger partial charge in [0.15, 0.2) is 11.5 Å². The number of hydrogen-bond acceptors (Lipinski definition) is 3. The number of amides is 2. The summed E-state index contributed by atoms with van der Waals surface area (Å²) in [5.41, 5.74) is 0.925. The fourth-order valence-corrected chi connectivity index (χ4v) is 3.00. The molecule has 1 aromatic rings. The average molecular weight is 330 g/mol. The molecule has 0 heterocycles.